The van der Waals surface area contributed by atoms with Crippen LogP contribution in [0.15, 0.2) is 35.5 Å². The Labute approximate surface area is 162 Å². The van der Waals surface area contributed by atoms with Gasteiger partial charge in [0, 0.05) is 21.0 Å². The number of H-pyrrole nitrogens is 1. The van der Waals surface area contributed by atoms with E-state index < -0.39 is 81.6 Å². The molecule has 26 heavy (non-hydrogen) atoms. The van der Waals surface area contributed by atoms with Gasteiger partial charge < -0.3 is 19.2 Å². The SMILES string of the molecule is [2H]c1c(OC([2H])(F)F)c([2H])c2[nH]c(S(=O)C([2H])([2H])c3nccc(OC)c3OC([2H])([2H])[2H])nc2c1[2H]. The van der Waals surface area contributed by atoms with Crippen molar-refractivity contribution in [1.29, 1.82) is 0 Å². The van der Waals surface area contributed by atoms with Crippen molar-refractivity contribution in [3.05, 3.63) is 36.1 Å². The fourth-order valence-electron chi connectivity index (χ4n) is 1.91. The third-order valence-corrected chi connectivity index (χ3v) is 3.87. The van der Waals surface area contributed by atoms with Crippen molar-refractivity contribution in [2.24, 2.45) is 0 Å². The number of hydrogen-bond donors (Lipinski definition) is 1. The Morgan fingerprint density at radius 2 is 2.35 bits per heavy atom. The molecule has 3 rings (SSSR count). The maximum atomic E-state index is 13.2. The Morgan fingerprint density at radius 1 is 1.50 bits per heavy atom. The first-order valence-electron chi connectivity index (χ1n) is 11.2. The van der Waals surface area contributed by atoms with E-state index in [4.69, 9.17) is 21.8 Å². The molecule has 10 heteroatoms. The normalized spacial score (nSPS) is 18.8. The van der Waals surface area contributed by atoms with E-state index in [0.29, 0.717) is 0 Å². The number of halogens is 2. The molecule has 7 nitrogen and oxygen atoms in total. The maximum absolute atomic E-state index is 13.2. The Morgan fingerprint density at radius 3 is 3.08 bits per heavy atom. The molecule has 1 aromatic carbocycles. The lowest BCUT2D eigenvalue weighted by Crippen LogP contribution is -2.04. The summed E-state index contributed by atoms with van der Waals surface area (Å²) >= 11 is 0. The second-order valence-corrected chi connectivity index (χ2v) is 5.59. The second-order valence-electron chi connectivity index (χ2n) is 4.46. The van der Waals surface area contributed by atoms with E-state index in [1.54, 1.807) is 0 Å². The van der Waals surface area contributed by atoms with Crippen molar-refractivity contribution in [2.75, 3.05) is 14.1 Å². The molecule has 0 aliphatic heterocycles. The van der Waals surface area contributed by atoms with Gasteiger partial charge in [0.05, 0.1) is 55.6 Å². The summed E-state index contributed by atoms with van der Waals surface area (Å²) in [5.41, 5.74) is -4.69. The average Bonchev–Trinajstić information content (AvgIpc) is 3.18. The minimum Gasteiger partial charge on any atom is -0.493 e. The lowest BCUT2D eigenvalue weighted by atomic mass is 10.3. The van der Waals surface area contributed by atoms with E-state index in [1.807, 2.05) is 0 Å². The van der Waals surface area contributed by atoms with Gasteiger partial charge in [-0.25, -0.2) is 4.98 Å². The highest BCUT2D eigenvalue weighted by Gasteiger charge is 2.17. The first-order chi connectivity index (χ1) is 16.0. The Balaban J connectivity index is 2.16. The number of methoxy groups -OCH3 is 2. The van der Waals surface area contributed by atoms with Gasteiger partial charge in [0.2, 0.25) is 0 Å². The van der Waals surface area contributed by atoms with Crippen LogP contribution < -0.4 is 14.2 Å². The lowest BCUT2D eigenvalue weighted by Gasteiger charge is -2.10. The van der Waals surface area contributed by atoms with Gasteiger partial charge in [-0.1, -0.05) is 0 Å². The predicted molar refractivity (Wildman–Crippen MR) is 90.2 cm³/mol. The molecule has 0 radical (unpaired) electrons. The molecular weight excluding hydrogens is 368 g/mol. The zero-order chi connectivity index (χ0) is 26.5. The van der Waals surface area contributed by atoms with Crippen LogP contribution in [0.4, 0.5) is 8.78 Å². The highest BCUT2D eigenvalue weighted by Crippen LogP contribution is 2.30. The van der Waals surface area contributed by atoms with Crippen LogP contribution in [0.2, 0.25) is 0 Å². The van der Waals surface area contributed by atoms with E-state index in [1.165, 1.54) is 6.07 Å². The molecule has 2 aromatic heterocycles. The molecule has 0 saturated carbocycles. The lowest BCUT2D eigenvalue weighted by molar-refractivity contribution is -0.0497. The maximum Gasteiger partial charge on any atom is 0.387 e. The quantitative estimate of drug-likeness (QED) is 0.665. The zero-order valence-corrected chi connectivity index (χ0v) is 13.7. The van der Waals surface area contributed by atoms with Gasteiger partial charge in [0.1, 0.15) is 5.75 Å². The highest BCUT2D eigenvalue weighted by atomic mass is 32.2. The summed E-state index contributed by atoms with van der Waals surface area (Å²) in [5, 5.41) is -0.689. The topological polar surface area (TPSA) is 86.3 Å². The van der Waals surface area contributed by atoms with E-state index in [9.17, 15) is 13.0 Å². The molecule has 3 aromatic rings. The van der Waals surface area contributed by atoms with Gasteiger partial charge in [-0.3, -0.25) is 9.19 Å². The van der Waals surface area contributed by atoms with E-state index in [2.05, 4.69) is 19.7 Å². The number of aromatic nitrogens is 3. The number of fused-ring (bicyclic) bond motifs is 1. The molecule has 0 aliphatic rings. The monoisotopic (exact) mass is 392 g/mol. The van der Waals surface area contributed by atoms with Gasteiger partial charge in [0.15, 0.2) is 18.0 Å². The van der Waals surface area contributed by atoms with Crippen LogP contribution >= 0.6 is 0 Å². The van der Waals surface area contributed by atoms with Crippen LogP contribution in [0.25, 0.3) is 11.0 Å². The molecule has 0 saturated heterocycles. The van der Waals surface area contributed by atoms with Crippen molar-refractivity contribution in [3.63, 3.8) is 0 Å². The number of ether oxygens (including phenoxy) is 3. The predicted octanol–water partition coefficient (Wildman–Crippen LogP) is 2.88. The number of benzene rings is 1. The van der Waals surface area contributed by atoms with Crippen LogP contribution in [0.1, 0.15) is 18.0 Å². The van der Waals surface area contributed by atoms with Crippen molar-refractivity contribution < 1.29 is 39.5 Å². The molecule has 1 atom stereocenters. The van der Waals surface area contributed by atoms with E-state index in [-0.39, 0.29) is 5.75 Å². The third-order valence-electron chi connectivity index (χ3n) is 2.95. The summed E-state index contributed by atoms with van der Waals surface area (Å²) < 4.78 is 122. The summed E-state index contributed by atoms with van der Waals surface area (Å²) in [4.78, 5) is 9.83. The van der Waals surface area contributed by atoms with Crippen LogP contribution in [-0.4, -0.2) is 39.9 Å². The molecule has 2 heterocycles. The summed E-state index contributed by atoms with van der Waals surface area (Å²) in [6, 6.07) is -1.54. The van der Waals surface area contributed by atoms with Crippen molar-refractivity contribution in [1.82, 2.24) is 15.0 Å². The minimum atomic E-state index is -4.52. The fourth-order valence-corrected chi connectivity index (χ4v) is 2.69. The number of pyridine rings is 1. The van der Waals surface area contributed by atoms with E-state index in [0.717, 1.165) is 13.3 Å². The molecule has 0 fully saturated rings. The van der Waals surface area contributed by atoms with Gasteiger partial charge >= 0.3 is 6.59 Å². The van der Waals surface area contributed by atoms with Crippen LogP contribution in [0, 0.1) is 0 Å². The third kappa shape index (κ3) is 3.74. The van der Waals surface area contributed by atoms with Crippen molar-refractivity contribution in [3.8, 4) is 17.2 Å². The first-order valence-corrected chi connectivity index (χ1v) is 7.83. The highest BCUT2D eigenvalue weighted by molar-refractivity contribution is 7.84. The minimum absolute atomic E-state index is 0.226. The molecule has 0 amide bonds. The number of alkyl halides is 2. The molecule has 1 N–H and O–H groups in total. The molecule has 138 valence electrons. The summed E-state index contributed by atoms with van der Waals surface area (Å²) in [6.45, 7) is -4.52. The summed E-state index contributed by atoms with van der Waals surface area (Å²) in [6.07, 6.45) is 1.05. The molecule has 0 bridgehead atoms. The standard InChI is InChI=1S/C16H15F2N3O4S/c1-23-13-5-6-19-12(14(13)24-2)8-26(22)16-20-10-4-3-9(25-15(17)18)7-11(10)21-16/h3-7,15H,8H2,1-2H3,(H,20,21)/i2D3,3D,4D,7D,8D2,15D. The van der Waals surface area contributed by atoms with Gasteiger partial charge in [-0.15, -0.1) is 0 Å². The summed E-state index contributed by atoms with van der Waals surface area (Å²) in [5.74, 6) is -2.00. The largest absolute Gasteiger partial charge is 0.493 e. The van der Waals surface area contributed by atoms with Crippen LogP contribution in [0.3, 0.4) is 0 Å². The van der Waals surface area contributed by atoms with Gasteiger partial charge in [-0.05, 0) is 12.1 Å². The van der Waals surface area contributed by atoms with Gasteiger partial charge in [-0.2, -0.15) is 8.78 Å². The number of nitrogens with one attached hydrogen (secondary N) is 1. The Kier molecular flexibility index (Phi) is 2.89. The Bertz CT molecular complexity index is 1310. The molecule has 0 aliphatic carbocycles. The zero-order valence-electron chi connectivity index (χ0n) is 21.8. The molecule has 0 spiro atoms. The number of aromatic amines is 1. The molecular formula is C16H15F2N3O4S. The van der Waals surface area contributed by atoms with Crippen molar-refractivity contribution >= 4 is 21.8 Å². The second kappa shape index (κ2) is 7.65. The smallest absolute Gasteiger partial charge is 0.387 e. The molecule has 1 unspecified atom stereocenters. The number of nitrogens with zero attached hydrogens (tertiary/aromatic N) is 2. The van der Waals surface area contributed by atoms with Crippen LogP contribution in [0.5, 0.6) is 17.2 Å². The average molecular weight is 392 g/mol. The van der Waals surface area contributed by atoms with E-state index >= 15 is 0 Å². The first kappa shape index (κ1) is 9.81. The number of rotatable bonds is 7. The van der Waals surface area contributed by atoms with Gasteiger partial charge in [0.25, 0.3) is 0 Å². The number of imidazole rings is 1. The van der Waals surface area contributed by atoms with Crippen LogP contribution in [-0.2, 0) is 16.5 Å². The Hall–Kier alpha value is -2.75. The number of hydrogen-bond acceptors (Lipinski definition) is 6. The van der Waals surface area contributed by atoms with Crippen molar-refractivity contribution in [2.45, 2.75) is 17.4 Å². The fraction of sp³-hybridized carbons (Fsp3) is 0.250. The summed E-state index contributed by atoms with van der Waals surface area (Å²) in [7, 11) is -4.74.